The maximum Gasteiger partial charge on any atom is 0.419 e. The third-order valence-electron chi connectivity index (χ3n) is 8.29. The van der Waals surface area contributed by atoms with Crippen LogP contribution in [0.15, 0.2) is 41.3 Å². The van der Waals surface area contributed by atoms with E-state index in [2.05, 4.69) is 5.32 Å². The van der Waals surface area contributed by atoms with Gasteiger partial charge in [-0.3, -0.25) is 14.5 Å². The summed E-state index contributed by atoms with van der Waals surface area (Å²) in [5, 5.41) is 13.9. The molecule has 1 aliphatic heterocycles. The lowest BCUT2D eigenvalue weighted by Crippen LogP contribution is -2.51. The number of alkyl halides is 3. The van der Waals surface area contributed by atoms with Crippen LogP contribution < -0.4 is 5.32 Å². The maximum atomic E-state index is 14.9. The Balaban J connectivity index is 1.44. The Bertz CT molecular complexity index is 1460. The third kappa shape index (κ3) is 5.26. The lowest BCUT2D eigenvalue weighted by Gasteiger charge is -2.40. The van der Waals surface area contributed by atoms with E-state index in [1.807, 2.05) is 0 Å². The van der Waals surface area contributed by atoms with Crippen LogP contribution in [0.5, 0.6) is 0 Å². The molecule has 1 heterocycles. The van der Waals surface area contributed by atoms with Crippen molar-refractivity contribution in [2.45, 2.75) is 67.5 Å². The Morgan fingerprint density at radius 3 is 2.38 bits per heavy atom. The molecule has 5 rings (SSSR count). The minimum atomic E-state index is -5.12. The average Bonchev–Trinajstić information content (AvgIpc) is 3.10. The van der Waals surface area contributed by atoms with Gasteiger partial charge in [0.2, 0.25) is 5.91 Å². The van der Waals surface area contributed by atoms with Crippen molar-refractivity contribution in [1.29, 1.82) is 0 Å². The first-order valence-corrected chi connectivity index (χ1v) is 14.7. The van der Waals surface area contributed by atoms with E-state index in [1.165, 1.54) is 24.3 Å². The number of nitrogens with zero attached hydrogens (tertiary/aromatic N) is 1. The molecular formula is C27H27F5N2O5S. The summed E-state index contributed by atoms with van der Waals surface area (Å²) in [5.41, 5.74) is -2.02. The second-order valence-corrected chi connectivity index (χ2v) is 12.9. The van der Waals surface area contributed by atoms with Gasteiger partial charge < -0.3 is 10.4 Å². The first kappa shape index (κ1) is 28.6. The van der Waals surface area contributed by atoms with E-state index in [4.69, 9.17) is 0 Å². The number of halogens is 5. The monoisotopic (exact) mass is 586 g/mol. The number of sulfone groups is 1. The molecule has 2 N–H and O–H groups in total. The molecule has 3 fully saturated rings. The zero-order chi connectivity index (χ0) is 29.1. The number of aliphatic hydroxyl groups is 1. The number of rotatable bonds is 7. The molecule has 13 heteroatoms. The summed E-state index contributed by atoms with van der Waals surface area (Å²) >= 11 is 0. The Hall–Kier alpha value is -2.90. The summed E-state index contributed by atoms with van der Waals surface area (Å²) in [7, 11) is -3.57. The van der Waals surface area contributed by atoms with Gasteiger partial charge in [-0.15, -0.1) is 0 Å². The minimum absolute atomic E-state index is 0.0103. The lowest BCUT2D eigenvalue weighted by molar-refractivity contribution is -0.140. The number of fused-ring (bicyclic) bond motifs is 1. The number of Topliss-reactive ketones (excluding diaryl/α,β-unsaturated/α-hetero) is 1. The number of carbonyl (C=O) groups excluding carboxylic acids is 2. The first-order chi connectivity index (χ1) is 18.6. The number of carbonyl (C=O) groups is 2. The summed E-state index contributed by atoms with van der Waals surface area (Å²) in [6.45, 7) is 0. The number of ketones is 1. The van der Waals surface area contributed by atoms with Crippen molar-refractivity contribution in [3.8, 4) is 0 Å². The molecule has 40 heavy (non-hydrogen) atoms. The molecule has 2 aromatic carbocycles. The number of amides is 1. The highest BCUT2D eigenvalue weighted by Crippen LogP contribution is 2.48. The molecule has 2 saturated carbocycles. The molecule has 0 radical (unpaired) electrons. The fourth-order valence-electron chi connectivity index (χ4n) is 6.01. The van der Waals surface area contributed by atoms with Gasteiger partial charge in [-0.25, -0.2) is 17.2 Å². The summed E-state index contributed by atoms with van der Waals surface area (Å²) in [4.78, 5) is 26.9. The molecule has 0 spiro atoms. The predicted octanol–water partition coefficient (Wildman–Crippen LogP) is 4.07. The Morgan fingerprint density at radius 1 is 1.10 bits per heavy atom. The van der Waals surface area contributed by atoms with Gasteiger partial charge in [0.1, 0.15) is 23.6 Å². The van der Waals surface area contributed by atoms with Crippen molar-refractivity contribution in [2.75, 3.05) is 6.26 Å². The highest BCUT2D eigenvalue weighted by Gasteiger charge is 2.52. The second kappa shape index (κ2) is 10.2. The number of likely N-dealkylation sites (tertiary alicyclic amines) is 1. The standard InChI is InChI=1S/C27H27F5N2O5S/c1-40(38,39)17-4-2-3-14(9-17)26(37)34-22-6-5-13(22)10-23(34)25(36)33-24(15-7-16(35)8-15)18-11-21(29)19(12-20(18)28)27(30,31)32/h2-4,9,11-13,15,22-24,26,37H,5-8,10H2,1H3,(H,33,36)/t13-,22-,23-,24-,26?/m1/s1. The molecule has 7 nitrogen and oxygen atoms in total. The van der Waals surface area contributed by atoms with Gasteiger partial charge in [-0.05, 0) is 60.9 Å². The van der Waals surface area contributed by atoms with Crippen molar-refractivity contribution in [1.82, 2.24) is 10.2 Å². The largest absolute Gasteiger partial charge is 0.419 e. The highest BCUT2D eigenvalue weighted by molar-refractivity contribution is 7.90. The molecule has 5 atom stereocenters. The van der Waals surface area contributed by atoms with Crippen molar-refractivity contribution < 1.29 is 45.1 Å². The van der Waals surface area contributed by atoms with Crippen molar-refractivity contribution in [3.63, 3.8) is 0 Å². The lowest BCUT2D eigenvalue weighted by atomic mass is 9.75. The molecular weight excluding hydrogens is 559 g/mol. The smallest absolute Gasteiger partial charge is 0.374 e. The Kier molecular flexibility index (Phi) is 7.28. The molecule has 2 aliphatic carbocycles. The van der Waals surface area contributed by atoms with Crippen LogP contribution in [0.4, 0.5) is 22.0 Å². The normalized spacial score (nSPS) is 25.1. The van der Waals surface area contributed by atoms with E-state index >= 15 is 0 Å². The van der Waals surface area contributed by atoms with Crippen LogP contribution in [-0.2, 0) is 25.6 Å². The number of hydrogen-bond acceptors (Lipinski definition) is 6. The molecule has 1 saturated heterocycles. The maximum absolute atomic E-state index is 14.9. The highest BCUT2D eigenvalue weighted by atomic mass is 32.2. The van der Waals surface area contributed by atoms with Crippen molar-refractivity contribution in [2.24, 2.45) is 11.8 Å². The number of aliphatic hydroxyl groups excluding tert-OH is 1. The van der Waals surface area contributed by atoms with Gasteiger partial charge in [0.25, 0.3) is 0 Å². The van der Waals surface area contributed by atoms with Gasteiger partial charge in [-0.1, -0.05) is 12.1 Å². The van der Waals surface area contributed by atoms with E-state index in [1.54, 1.807) is 4.90 Å². The summed E-state index contributed by atoms with van der Waals surface area (Å²) in [6, 6.07) is 3.78. The number of nitrogens with one attached hydrogen (secondary N) is 1. The van der Waals surface area contributed by atoms with Crippen molar-refractivity contribution >= 4 is 21.5 Å². The average molecular weight is 587 g/mol. The summed E-state index contributed by atoms with van der Waals surface area (Å²) in [5.74, 6) is -4.48. The summed E-state index contributed by atoms with van der Waals surface area (Å²) in [6.07, 6.45) is -3.77. The molecule has 1 unspecified atom stereocenters. The van der Waals surface area contributed by atoms with E-state index in [9.17, 15) is 45.1 Å². The number of hydrogen-bond donors (Lipinski definition) is 2. The van der Waals surface area contributed by atoms with Gasteiger partial charge in [0.15, 0.2) is 9.84 Å². The van der Waals surface area contributed by atoms with E-state index in [0.717, 1.165) is 12.7 Å². The zero-order valence-electron chi connectivity index (χ0n) is 21.3. The second-order valence-electron chi connectivity index (χ2n) is 10.9. The molecule has 3 aliphatic rings. The Labute approximate surface area is 227 Å². The molecule has 0 bridgehead atoms. The minimum Gasteiger partial charge on any atom is -0.374 e. The fraction of sp³-hybridized carbons (Fsp3) is 0.481. The van der Waals surface area contributed by atoms with Crippen LogP contribution in [0.1, 0.15) is 61.1 Å². The summed E-state index contributed by atoms with van der Waals surface area (Å²) < 4.78 is 92.8. The first-order valence-electron chi connectivity index (χ1n) is 12.8. The van der Waals surface area contributed by atoms with E-state index in [-0.39, 0.29) is 47.1 Å². The van der Waals surface area contributed by atoms with Crippen LogP contribution in [0.2, 0.25) is 0 Å². The van der Waals surface area contributed by atoms with Crippen LogP contribution >= 0.6 is 0 Å². The van der Waals surface area contributed by atoms with Crippen LogP contribution in [0.25, 0.3) is 0 Å². The molecule has 0 aromatic heterocycles. The fourth-order valence-corrected chi connectivity index (χ4v) is 6.68. The molecule has 216 valence electrons. The number of benzene rings is 2. The van der Waals surface area contributed by atoms with Crippen LogP contribution in [0.3, 0.4) is 0 Å². The molecule has 2 aromatic rings. The molecule has 1 amide bonds. The van der Waals surface area contributed by atoms with Gasteiger partial charge in [0.05, 0.1) is 22.5 Å². The van der Waals surface area contributed by atoms with E-state index in [0.29, 0.717) is 18.9 Å². The van der Waals surface area contributed by atoms with Gasteiger partial charge in [-0.2, -0.15) is 13.2 Å². The van der Waals surface area contributed by atoms with Crippen molar-refractivity contribution in [3.05, 3.63) is 64.7 Å². The van der Waals surface area contributed by atoms with E-state index < -0.39 is 68.9 Å². The van der Waals surface area contributed by atoms with Crippen LogP contribution in [-0.4, -0.2) is 48.5 Å². The van der Waals surface area contributed by atoms with Crippen LogP contribution in [0, 0.1) is 23.5 Å². The van der Waals surface area contributed by atoms with Gasteiger partial charge in [0, 0.05) is 30.7 Å². The zero-order valence-corrected chi connectivity index (χ0v) is 22.1. The third-order valence-corrected chi connectivity index (χ3v) is 9.40. The Morgan fingerprint density at radius 2 is 1.80 bits per heavy atom. The predicted molar refractivity (Wildman–Crippen MR) is 131 cm³/mol. The topological polar surface area (TPSA) is 104 Å². The van der Waals surface area contributed by atoms with Gasteiger partial charge >= 0.3 is 6.18 Å². The SMILES string of the molecule is CS(=O)(=O)c1cccc(C(O)N2[C@@H](C(=O)N[C@@H](c3cc(F)c(C(F)(F)F)cc3F)C3CC(=O)C3)C[C@H]3CC[C@H]32)c1. The quantitative estimate of drug-likeness (QED) is 0.475.